The maximum Gasteiger partial charge on any atom is 0.258 e. The Bertz CT molecular complexity index is 717. The predicted molar refractivity (Wildman–Crippen MR) is 89.4 cm³/mol. The summed E-state index contributed by atoms with van der Waals surface area (Å²) >= 11 is 7.78. The second-order valence-electron chi connectivity index (χ2n) is 4.99. The first kappa shape index (κ1) is 14.3. The summed E-state index contributed by atoms with van der Waals surface area (Å²) in [5, 5.41) is 0.572. The Kier molecular flexibility index (Phi) is 3.83. The van der Waals surface area contributed by atoms with Crippen LogP contribution in [0.5, 0.6) is 0 Å². The van der Waals surface area contributed by atoms with E-state index in [0.29, 0.717) is 22.8 Å². The second kappa shape index (κ2) is 5.62. The minimum atomic E-state index is -0.0258. The van der Waals surface area contributed by atoms with Crippen molar-refractivity contribution in [2.45, 2.75) is 11.8 Å². The van der Waals surface area contributed by atoms with Crippen LogP contribution in [-0.2, 0) is 0 Å². The van der Waals surface area contributed by atoms with Crippen molar-refractivity contribution in [1.29, 1.82) is 0 Å². The molecule has 0 unspecified atom stereocenters. The Morgan fingerprint density at radius 3 is 2.90 bits per heavy atom. The number of hydrogen-bond acceptors (Lipinski definition) is 3. The molecular weight excluding hydrogens is 304 g/mol. The highest BCUT2D eigenvalue weighted by atomic mass is 35.5. The lowest BCUT2D eigenvalue weighted by Crippen LogP contribution is -2.35. The van der Waals surface area contributed by atoms with Gasteiger partial charge in [-0.25, -0.2) is 0 Å². The number of amides is 1. The molecule has 108 valence electrons. The molecule has 3 nitrogen and oxygen atoms in total. The van der Waals surface area contributed by atoms with Crippen molar-refractivity contribution in [2.24, 2.45) is 0 Å². The van der Waals surface area contributed by atoms with E-state index in [1.165, 1.54) is 0 Å². The minimum absolute atomic E-state index is 0.0258. The maximum atomic E-state index is 12.9. The van der Waals surface area contributed by atoms with E-state index in [9.17, 15) is 4.79 Å². The number of benzene rings is 2. The first-order valence-corrected chi connectivity index (χ1v) is 8.03. The van der Waals surface area contributed by atoms with E-state index in [2.05, 4.69) is 0 Å². The molecule has 1 aliphatic rings. The van der Waals surface area contributed by atoms with E-state index in [-0.39, 0.29) is 5.91 Å². The first-order chi connectivity index (χ1) is 10.1. The van der Waals surface area contributed by atoms with Gasteiger partial charge in [0.2, 0.25) is 0 Å². The number of fused-ring (bicyclic) bond motifs is 1. The number of rotatable bonds is 1. The Morgan fingerprint density at radius 1 is 1.29 bits per heavy atom. The summed E-state index contributed by atoms with van der Waals surface area (Å²) in [5.74, 6) is 0.851. The second-order valence-corrected chi connectivity index (χ2v) is 6.56. The van der Waals surface area contributed by atoms with Crippen molar-refractivity contribution in [3.05, 3.63) is 52.5 Å². The van der Waals surface area contributed by atoms with Gasteiger partial charge >= 0.3 is 0 Å². The van der Waals surface area contributed by atoms with Gasteiger partial charge < -0.3 is 10.6 Å². The quantitative estimate of drug-likeness (QED) is 0.809. The van der Waals surface area contributed by atoms with Crippen LogP contribution in [0, 0.1) is 6.92 Å². The van der Waals surface area contributed by atoms with Crippen LogP contribution in [0.25, 0.3) is 0 Å². The molecule has 0 aromatic heterocycles. The fourth-order valence-electron chi connectivity index (χ4n) is 2.42. The van der Waals surface area contributed by atoms with Gasteiger partial charge in [-0.05, 0) is 42.8 Å². The number of carbonyl (C=O) groups is 1. The average molecular weight is 319 g/mol. The van der Waals surface area contributed by atoms with Crippen LogP contribution in [0.3, 0.4) is 0 Å². The van der Waals surface area contributed by atoms with E-state index < -0.39 is 0 Å². The van der Waals surface area contributed by atoms with E-state index in [0.717, 1.165) is 21.9 Å². The highest BCUT2D eigenvalue weighted by Crippen LogP contribution is 2.37. The molecule has 3 rings (SSSR count). The Balaban J connectivity index is 2.04. The van der Waals surface area contributed by atoms with Crippen LogP contribution in [0.4, 0.5) is 11.4 Å². The van der Waals surface area contributed by atoms with E-state index >= 15 is 0 Å². The fourth-order valence-corrected chi connectivity index (χ4v) is 3.56. The molecule has 0 atom stereocenters. The van der Waals surface area contributed by atoms with Crippen LogP contribution in [-0.4, -0.2) is 18.2 Å². The number of nitrogens with zero attached hydrogens (tertiary/aromatic N) is 1. The molecule has 2 aromatic carbocycles. The topological polar surface area (TPSA) is 46.3 Å². The lowest BCUT2D eigenvalue weighted by atomic mass is 10.1. The van der Waals surface area contributed by atoms with Gasteiger partial charge in [-0.2, -0.15) is 0 Å². The van der Waals surface area contributed by atoms with Gasteiger partial charge in [0, 0.05) is 33.5 Å². The summed E-state index contributed by atoms with van der Waals surface area (Å²) in [6, 6.07) is 11.1. The smallest absolute Gasteiger partial charge is 0.258 e. The molecule has 0 bridgehead atoms. The molecule has 2 aromatic rings. The third kappa shape index (κ3) is 2.74. The normalized spacial score (nSPS) is 13.9. The first-order valence-electron chi connectivity index (χ1n) is 6.66. The molecule has 2 N–H and O–H groups in total. The molecule has 0 aliphatic carbocycles. The van der Waals surface area contributed by atoms with Gasteiger partial charge in [0.1, 0.15) is 0 Å². The van der Waals surface area contributed by atoms with Crippen molar-refractivity contribution in [1.82, 2.24) is 0 Å². The number of carbonyl (C=O) groups excluding carboxylic acids is 1. The Morgan fingerprint density at radius 2 is 2.10 bits per heavy atom. The summed E-state index contributed by atoms with van der Waals surface area (Å²) in [6.07, 6.45) is 0. The molecule has 1 aliphatic heterocycles. The SMILES string of the molecule is Cc1ccc(Cl)cc1C(=O)N1CCSc2ccc(N)cc21. The van der Waals surface area contributed by atoms with E-state index in [1.54, 1.807) is 28.8 Å². The van der Waals surface area contributed by atoms with Crippen molar-refractivity contribution in [3.8, 4) is 0 Å². The third-order valence-electron chi connectivity index (χ3n) is 3.52. The van der Waals surface area contributed by atoms with E-state index in [4.69, 9.17) is 17.3 Å². The van der Waals surface area contributed by atoms with Crippen LogP contribution < -0.4 is 10.6 Å². The standard InChI is InChI=1S/C16H15ClN2OS/c1-10-2-3-11(17)8-13(10)16(20)19-6-7-21-15-5-4-12(18)9-14(15)19/h2-5,8-9H,6-7,18H2,1H3. The van der Waals surface area contributed by atoms with Crippen molar-refractivity contribution in [3.63, 3.8) is 0 Å². The molecule has 1 heterocycles. The Labute approximate surface area is 133 Å². The number of aryl methyl sites for hydroxylation is 1. The predicted octanol–water partition coefficient (Wildman–Crippen LogP) is 3.98. The molecule has 0 saturated carbocycles. The zero-order chi connectivity index (χ0) is 15.0. The summed E-state index contributed by atoms with van der Waals surface area (Å²) in [5.41, 5.74) is 8.98. The van der Waals surface area contributed by atoms with Gasteiger partial charge in [0.05, 0.1) is 5.69 Å². The third-order valence-corrected chi connectivity index (χ3v) is 4.80. The van der Waals surface area contributed by atoms with Gasteiger partial charge in [0.25, 0.3) is 5.91 Å². The fraction of sp³-hybridized carbons (Fsp3) is 0.188. The van der Waals surface area contributed by atoms with Gasteiger partial charge in [-0.1, -0.05) is 17.7 Å². The van der Waals surface area contributed by atoms with Crippen LogP contribution in [0.15, 0.2) is 41.3 Å². The highest BCUT2D eigenvalue weighted by Gasteiger charge is 2.25. The Hall–Kier alpha value is -1.65. The molecule has 5 heteroatoms. The lowest BCUT2D eigenvalue weighted by molar-refractivity contribution is 0.0987. The molecule has 0 spiro atoms. The zero-order valence-corrected chi connectivity index (χ0v) is 13.2. The van der Waals surface area contributed by atoms with Crippen LogP contribution >= 0.6 is 23.4 Å². The van der Waals surface area contributed by atoms with Crippen molar-refractivity contribution in [2.75, 3.05) is 22.9 Å². The number of nitrogen functional groups attached to an aromatic ring is 1. The molecule has 0 radical (unpaired) electrons. The molecule has 1 amide bonds. The molecule has 0 fully saturated rings. The zero-order valence-electron chi connectivity index (χ0n) is 11.6. The van der Waals surface area contributed by atoms with Gasteiger partial charge in [-0.3, -0.25) is 4.79 Å². The number of halogens is 1. The number of thioether (sulfide) groups is 1. The van der Waals surface area contributed by atoms with Crippen LogP contribution in [0.2, 0.25) is 5.02 Å². The summed E-state index contributed by atoms with van der Waals surface area (Å²) < 4.78 is 0. The van der Waals surface area contributed by atoms with E-state index in [1.807, 2.05) is 31.2 Å². The van der Waals surface area contributed by atoms with Gasteiger partial charge in [0.15, 0.2) is 0 Å². The summed E-state index contributed by atoms with van der Waals surface area (Å²) in [6.45, 7) is 2.59. The average Bonchev–Trinajstić information content (AvgIpc) is 2.48. The minimum Gasteiger partial charge on any atom is -0.399 e. The summed E-state index contributed by atoms with van der Waals surface area (Å²) in [4.78, 5) is 15.7. The van der Waals surface area contributed by atoms with Crippen LogP contribution in [0.1, 0.15) is 15.9 Å². The highest BCUT2D eigenvalue weighted by molar-refractivity contribution is 7.99. The van der Waals surface area contributed by atoms with Crippen molar-refractivity contribution < 1.29 is 4.79 Å². The lowest BCUT2D eigenvalue weighted by Gasteiger charge is -2.29. The molecule has 0 saturated heterocycles. The number of hydrogen-bond donors (Lipinski definition) is 1. The monoisotopic (exact) mass is 318 g/mol. The molecular formula is C16H15ClN2OS. The number of nitrogens with two attached hydrogens (primary N) is 1. The number of anilines is 2. The maximum absolute atomic E-state index is 12.9. The molecule has 21 heavy (non-hydrogen) atoms. The summed E-state index contributed by atoms with van der Waals surface area (Å²) in [7, 11) is 0. The van der Waals surface area contributed by atoms with Gasteiger partial charge in [-0.15, -0.1) is 11.8 Å². The van der Waals surface area contributed by atoms with Crippen molar-refractivity contribution >= 4 is 40.6 Å². The largest absolute Gasteiger partial charge is 0.399 e.